The summed E-state index contributed by atoms with van der Waals surface area (Å²) in [6.07, 6.45) is 1.49. The number of aromatic nitrogens is 2. The van der Waals surface area contributed by atoms with E-state index in [9.17, 15) is 19.1 Å². The van der Waals surface area contributed by atoms with Crippen LogP contribution in [0.15, 0.2) is 30.5 Å². The molecular weight excluding hydrogens is 325 g/mol. The third-order valence-electron chi connectivity index (χ3n) is 3.92. The zero-order valence-corrected chi connectivity index (χ0v) is 14.5. The zero-order chi connectivity index (χ0) is 18.6. The van der Waals surface area contributed by atoms with Crippen LogP contribution >= 0.6 is 0 Å². The van der Waals surface area contributed by atoms with Crippen LogP contribution in [0, 0.1) is 18.7 Å². The summed E-state index contributed by atoms with van der Waals surface area (Å²) in [6.45, 7) is 6.53. The molecule has 1 amide bonds. The number of nitrogens with zero attached hydrogens (tertiary/aromatic N) is 2. The van der Waals surface area contributed by atoms with Crippen molar-refractivity contribution in [2.45, 2.75) is 33.2 Å². The highest BCUT2D eigenvalue weighted by atomic mass is 19.1. The van der Waals surface area contributed by atoms with Crippen molar-refractivity contribution >= 4 is 11.9 Å². The van der Waals surface area contributed by atoms with E-state index in [2.05, 4.69) is 24.3 Å². The molecule has 2 rings (SSSR count). The lowest BCUT2D eigenvalue weighted by molar-refractivity contribution is -0.138. The van der Waals surface area contributed by atoms with Crippen molar-refractivity contribution in [3.05, 3.63) is 53.1 Å². The molecule has 0 spiro atoms. The van der Waals surface area contributed by atoms with Crippen molar-refractivity contribution in [3.8, 4) is 0 Å². The molecule has 0 saturated heterocycles. The van der Waals surface area contributed by atoms with Crippen molar-refractivity contribution < 1.29 is 19.1 Å². The average molecular weight is 347 g/mol. The molecule has 1 unspecified atom stereocenters. The molecular formula is C18H22FN3O3. The molecule has 25 heavy (non-hydrogen) atoms. The molecule has 0 radical (unpaired) electrons. The van der Waals surface area contributed by atoms with Crippen molar-refractivity contribution in [3.63, 3.8) is 0 Å². The monoisotopic (exact) mass is 347 g/mol. The lowest BCUT2D eigenvalue weighted by Crippen LogP contribution is -2.32. The quantitative estimate of drug-likeness (QED) is 0.806. The SMILES string of the molecule is Cc1c(C(=O)NCC(C(=O)O)c2ccc(F)cc2)cnn1CC(C)C. The summed E-state index contributed by atoms with van der Waals surface area (Å²) in [4.78, 5) is 23.8. The van der Waals surface area contributed by atoms with Crippen LogP contribution in [-0.4, -0.2) is 33.3 Å². The van der Waals surface area contributed by atoms with Gasteiger partial charge in [0.15, 0.2) is 0 Å². The summed E-state index contributed by atoms with van der Waals surface area (Å²) >= 11 is 0. The van der Waals surface area contributed by atoms with E-state index in [1.165, 1.54) is 30.5 Å². The number of carboxylic acids is 1. The summed E-state index contributed by atoms with van der Waals surface area (Å²) in [5.41, 5.74) is 1.59. The largest absolute Gasteiger partial charge is 0.481 e. The fraction of sp³-hybridized carbons (Fsp3) is 0.389. The minimum Gasteiger partial charge on any atom is -0.481 e. The topological polar surface area (TPSA) is 84.2 Å². The highest BCUT2D eigenvalue weighted by molar-refractivity contribution is 5.95. The maximum absolute atomic E-state index is 13.0. The number of benzene rings is 1. The Morgan fingerprint density at radius 2 is 1.92 bits per heavy atom. The van der Waals surface area contributed by atoms with Gasteiger partial charge in [-0.3, -0.25) is 14.3 Å². The van der Waals surface area contributed by atoms with Gasteiger partial charge in [0.2, 0.25) is 0 Å². The van der Waals surface area contributed by atoms with Gasteiger partial charge in [0.05, 0.1) is 17.7 Å². The van der Waals surface area contributed by atoms with E-state index in [1.807, 2.05) is 0 Å². The van der Waals surface area contributed by atoms with Crippen molar-refractivity contribution in [2.24, 2.45) is 5.92 Å². The third kappa shape index (κ3) is 4.65. The Hall–Kier alpha value is -2.70. The highest BCUT2D eigenvalue weighted by Crippen LogP contribution is 2.17. The number of halogens is 1. The third-order valence-corrected chi connectivity index (χ3v) is 3.92. The molecule has 0 aliphatic rings. The molecule has 1 atom stereocenters. The number of aliphatic carboxylic acids is 1. The number of carbonyl (C=O) groups is 2. The van der Waals surface area contributed by atoms with E-state index >= 15 is 0 Å². The standard InChI is InChI=1S/C18H22FN3O3/c1-11(2)10-22-12(3)15(9-21-22)17(23)20-8-16(18(24)25)13-4-6-14(19)7-5-13/h4-7,9,11,16H,8,10H2,1-3H3,(H,20,23)(H,24,25). The van der Waals surface area contributed by atoms with Gasteiger partial charge >= 0.3 is 5.97 Å². The average Bonchev–Trinajstić information content (AvgIpc) is 2.89. The van der Waals surface area contributed by atoms with E-state index in [0.717, 1.165) is 5.69 Å². The molecule has 1 aromatic heterocycles. The predicted octanol–water partition coefficient (Wildman–Crippen LogP) is 2.58. The second kappa shape index (κ2) is 7.92. The molecule has 2 aromatic rings. The second-order valence-corrected chi connectivity index (χ2v) is 6.37. The Morgan fingerprint density at radius 3 is 2.48 bits per heavy atom. The van der Waals surface area contributed by atoms with Crippen LogP contribution in [-0.2, 0) is 11.3 Å². The maximum atomic E-state index is 13.0. The lowest BCUT2D eigenvalue weighted by atomic mass is 9.99. The van der Waals surface area contributed by atoms with Gasteiger partial charge in [-0.15, -0.1) is 0 Å². The fourth-order valence-electron chi connectivity index (χ4n) is 2.53. The first-order chi connectivity index (χ1) is 11.8. The van der Waals surface area contributed by atoms with E-state index in [0.29, 0.717) is 23.6 Å². The number of carboxylic acid groups (broad SMARTS) is 1. The van der Waals surface area contributed by atoms with Crippen molar-refractivity contribution in [1.29, 1.82) is 0 Å². The normalized spacial score (nSPS) is 12.2. The van der Waals surface area contributed by atoms with Crippen LogP contribution in [0.3, 0.4) is 0 Å². The Morgan fingerprint density at radius 1 is 1.28 bits per heavy atom. The molecule has 0 aliphatic heterocycles. The summed E-state index contributed by atoms with van der Waals surface area (Å²) < 4.78 is 14.8. The number of nitrogens with one attached hydrogen (secondary N) is 1. The van der Waals surface area contributed by atoms with Crippen LogP contribution in [0.5, 0.6) is 0 Å². The molecule has 134 valence electrons. The summed E-state index contributed by atoms with van der Waals surface area (Å²) in [5.74, 6) is -2.45. The van der Waals surface area contributed by atoms with Gasteiger partial charge in [-0.25, -0.2) is 4.39 Å². The molecule has 2 N–H and O–H groups in total. The maximum Gasteiger partial charge on any atom is 0.312 e. The van der Waals surface area contributed by atoms with Crippen molar-refractivity contribution in [2.75, 3.05) is 6.54 Å². The lowest BCUT2D eigenvalue weighted by Gasteiger charge is -2.14. The first-order valence-electron chi connectivity index (χ1n) is 8.08. The Labute approximate surface area is 145 Å². The van der Waals surface area contributed by atoms with Crippen LogP contribution in [0.25, 0.3) is 0 Å². The highest BCUT2D eigenvalue weighted by Gasteiger charge is 2.22. The van der Waals surface area contributed by atoms with E-state index < -0.39 is 17.7 Å². The number of amides is 1. The second-order valence-electron chi connectivity index (χ2n) is 6.37. The minimum atomic E-state index is -1.08. The molecule has 0 fully saturated rings. The Bertz CT molecular complexity index is 753. The predicted molar refractivity (Wildman–Crippen MR) is 90.9 cm³/mol. The number of carbonyl (C=O) groups excluding carboxylic acids is 1. The van der Waals surface area contributed by atoms with Gasteiger partial charge in [0.1, 0.15) is 5.82 Å². The first kappa shape index (κ1) is 18.6. The number of hydrogen-bond acceptors (Lipinski definition) is 3. The fourth-order valence-corrected chi connectivity index (χ4v) is 2.53. The van der Waals surface area contributed by atoms with E-state index in [4.69, 9.17) is 0 Å². The summed E-state index contributed by atoms with van der Waals surface area (Å²) in [5, 5.41) is 16.2. The van der Waals surface area contributed by atoms with Gasteiger partial charge in [-0.1, -0.05) is 26.0 Å². The van der Waals surface area contributed by atoms with Gasteiger partial charge in [-0.05, 0) is 30.5 Å². The zero-order valence-electron chi connectivity index (χ0n) is 14.5. The van der Waals surface area contributed by atoms with Crippen molar-refractivity contribution in [1.82, 2.24) is 15.1 Å². The van der Waals surface area contributed by atoms with Gasteiger partial charge in [0.25, 0.3) is 5.91 Å². The molecule has 1 heterocycles. The van der Waals surface area contributed by atoms with Crippen LogP contribution in [0.2, 0.25) is 0 Å². The molecule has 0 saturated carbocycles. The number of rotatable bonds is 7. The van der Waals surface area contributed by atoms with Crippen LogP contribution in [0.4, 0.5) is 4.39 Å². The van der Waals surface area contributed by atoms with Gasteiger partial charge < -0.3 is 10.4 Å². The van der Waals surface area contributed by atoms with E-state index in [-0.39, 0.29) is 12.5 Å². The van der Waals surface area contributed by atoms with E-state index in [1.54, 1.807) is 11.6 Å². The summed E-state index contributed by atoms with van der Waals surface area (Å²) in [7, 11) is 0. The summed E-state index contributed by atoms with van der Waals surface area (Å²) in [6, 6.07) is 5.22. The smallest absolute Gasteiger partial charge is 0.312 e. The number of hydrogen-bond donors (Lipinski definition) is 2. The Kier molecular flexibility index (Phi) is 5.90. The minimum absolute atomic E-state index is 0.0887. The van der Waals surface area contributed by atoms with Crippen LogP contribution in [0.1, 0.15) is 41.4 Å². The molecule has 1 aromatic carbocycles. The molecule has 7 heteroatoms. The molecule has 0 aliphatic carbocycles. The van der Waals surface area contributed by atoms with Gasteiger partial charge in [0, 0.05) is 18.8 Å². The molecule has 6 nitrogen and oxygen atoms in total. The molecule has 0 bridgehead atoms. The van der Waals surface area contributed by atoms with Crippen LogP contribution < -0.4 is 5.32 Å². The first-order valence-corrected chi connectivity index (χ1v) is 8.08. The Balaban J connectivity index is 2.08. The van der Waals surface area contributed by atoms with Gasteiger partial charge in [-0.2, -0.15) is 5.10 Å².